The molecule has 1 aliphatic heterocycles. The van der Waals surface area contributed by atoms with Crippen molar-refractivity contribution in [1.29, 1.82) is 0 Å². The molecule has 142 valence electrons. The largest absolute Gasteiger partial charge is 0.478 e. The van der Waals surface area contributed by atoms with Crippen LogP contribution in [0.2, 0.25) is 5.02 Å². The molecule has 0 bridgehead atoms. The average molecular weight is 403 g/mol. The van der Waals surface area contributed by atoms with E-state index in [4.69, 9.17) is 26.2 Å². The van der Waals surface area contributed by atoms with Crippen LogP contribution in [0.5, 0.6) is 17.2 Å². The topological polar surface area (TPSA) is 55.8 Å². The van der Waals surface area contributed by atoms with Crippen LogP contribution in [0, 0.1) is 12.7 Å². The summed E-state index contributed by atoms with van der Waals surface area (Å²) in [6.07, 6.45) is -6.75. The predicted molar refractivity (Wildman–Crippen MR) is 88.7 cm³/mol. The number of carbonyl (C=O) groups is 1. The molecule has 27 heavy (non-hydrogen) atoms. The van der Waals surface area contributed by atoms with Gasteiger partial charge in [-0.2, -0.15) is 13.2 Å². The molecule has 0 aliphatic carbocycles. The molecule has 0 spiro atoms. The minimum Gasteiger partial charge on any atom is -0.478 e. The molecule has 2 aromatic rings. The highest BCUT2D eigenvalue weighted by molar-refractivity contribution is 6.32. The number of hydrogen-bond donors (Lipinski definition) is 1. The minimum absolute atomic E-state index is 0.0370. The Balaban J connectivity index is 2.04. The molecule has 9 heteroatoms. The molecule has 0 fully saturated rings. The Labute approximate surface area is 155 Å². The standard InChI is InChI=1S/C18H11ClF4O4/c1-8-2-3-12(20)15(4-8)26-14-7-13-9(6-11(14)19)5-10(17(24)25)16(27-13)18(21,22)23/h2-7,16H,1H3,(H,24,25). The molecular weight excluding hydrogens is 392 g/mol. The van der Waals surface area contributed by atoms with Crippen LogP contribution in [0.15, 0.2) is 35.9 Å². The molecule has 0 saturated carbocycles. The molecule has 2 aromatic carbocycles. The third-order valence-electron chi connectivity index (χ3n) is 3.75. The first-order chi connectivity index (χ1) is 12.6. The Morgan fingerprint density at radius 3 is 2.56 bits per heavy atom. The fraction of sp³-hybridized carbons (Fsp3) is 0.167. The van der Waals surface area contributed by atoms with E-state index in [1.807, 2.05) is 0 Å². The summed E-state index contributed by atoms with van der Waals surface area (Å²) in [5.74, 6) is -3.03. The first kappa shape index (κ1) is 19.0. The fourth-order valence-electron chi connectivity index (χ4n) is 2.50. The summed E-state index contributed by atoms with van der Waals surface area (Å²) in [5, 5.41) is 8.97. The second kappa shape index (κ2) is 6.77. The van der Waals surface area contributed by atoms with Crippen LogP contribution in [0.1, 0.15) is 11.1 Å². The Hall–Kier alpha value is -2.74. The number of aliphatic carboxylic acids is 1. The van der Waals surface area contributed by atoms with Gasteiger partial charge in [-0.3, -0.25) is 0 Å². The molecule has 0 saturated heterocycles. The van der Waals surface area contributed by atoms with E-state index < -0.39 is 29.6 Å². The molecule has 0 radical (unpaired) electrons. The summed E-state index contributed by atoms with van der Waals surface area (Å²) in [6.45, 7) is 1.70. The van der Waals surface area contributed by atoms with Crippen molar-refractivity contribution in [3.05, 3.63) is 57.9 Å². The number of ether oxygens (including phenoxy) is 2. The van der Waals surface area contributed by atoms with Gasteiger partial charge in [0.05, 0.1) is 10.6 Å². The van der Waals surface area contributed by atoms with Crippen molar-refractivity contribution in [3.63, 3.8) is 0 Å². The zero-order valence-corrected chi connectivity index (χ0v) is 14.4. The lowest BCUT2D eigenvalue weighted by Crippen LogP contribution is -2.40. The van der Waals surface area contributed by atoms with Gasteiger partial charge in [0.15, 0.2) is 11.6 Å². The number of hydrogen-bond acceptors (Lipinski definition) is 3. The number of carboxylic acid groups (broad SMARTS) is 1. The predicted octanol–water partition coefficient (Wildman–Crippen LogP) is 5.37. The van der Waals surface area contributed by atoms with Crippen LogP contribution in [-0.4, -0.2) is 23.4 Å². The lowest BCUT2D eigenvalue weighted by molar-refractivity contribution is -0.187. The van der Waals surface area contributed by atoms with Gasteiger partial charge >= 0.3 is 12.1 Å². The molecule has 3 rings (SSSR count). The van der Waals surface area contributed by atoms with E-state index in [0.29, 0.717) is 5.56 Å². The number of alkyl halides is 3. The van der Waals surface area contributed by atoms with Gasteiger partial charge in [0.2, 0.25) is 6.10 Å². The van der Waals surface area contributed by atoms with Gasteiger partial charge in [-0.05, 0) is 36.8 Å². The molecular formula is C18H11ClF4O4. The van der Waals surface area contributed by atoms with Crippen molar-refractivity contribution in [2.75, 3.05) is 0 Å². The maximum Gasteiger partial charge on any atom is 0.430 e. The zero-order valence-electron chi connectivity index (χ0n) is 13.6. The van der Waals surface area contributed by atoms with Gasteiger partial charge in [-0.25, -0.2) is 9.18 Å². The van der Waals surface area contributed by atoms with Crippen LogP contribution in [0.3, 0.4) is 0 Å². The molecule has 1 atom stereocenters. The maximum atomic E-state index is 13.9. The molecule has 1 unspecified atom stereocenters. The van der Waals surface area contributed by atoms with Gasteiger partial charge in [0.25, 0.3) is 0 Å². The Bertz CT molecular complexity index is 953. The highest BCUT2D eigenvalue weighted by atomic mass is 35.5. The summed E-state index contributed by atoms with van der Waals surface area (Å²) in [7, 11) is 0. The molecule has 0 aromatic heterocycles. The normalized spacial score (nSPS) is 16.2. The second-order valence-electron chi connectivity index (χ2n) is 5.80. The van der Waals surface area contributed by atoms with E-state index in [2.05, 4.69) is 0 Å². The summed E-state index contributed by atoms with van der Waals surface area (Å²) in [4.78, 5) is 11.1. The van der Waals surface area contributed by atoms with Crippen molar-refractivity contribution in [2.24, 2.45) is 0 Å². The number of carboxylic acids is 1. The van der Waals surface area contributed by atoms with Crippen LogP contribution < -0.4 is 9.47 Å². The SMILES string of the molecule is Cc1ccc(F)c(Oc2cc3c(cc2Cl)C=C(C(=O)O)C(C(F)(F)F)O3)c1. The smallest absolute Gasteiger partial charge is 0.430 e. The van der Waals surface area contributed by atoms with Crippen molar-refractivity contribution in [2.45, 2.75) is 19.2 Å². The third kappa shape index (κ3) is 3.85. The van der Waals surface area contributed by atoms with Gasteiger partial charge in [-0.1, -0.05) is 17.7 Å². The molecule has 1 aliphatic rings. The summed E-state index contributed by atoms with van der Waals surface area (Å²) < 4.78 is 63.5. The lowest BCUT2D eigenvalue weighted by Gasteiger charge is -2.27. The highest BCUT2D eigenvalue weighted by Gasteiger charge is 2.48. The summed E-state index contributed by atoms with van der Waals surface area (Å²) in [5.41, 5.74) is -0.234. The maximum absolute atomic E-state index is 13.9. The number of halogens is 5. The van der Waals surface area contributed by atoms with E-state index >= 15 is 0 Å². The molecule has 1 heterocycles. The van der Waals surface area contributed by atoms with E-state index in [9.17, 15) is 22.4 Å². The quantitative estimate of drug-likeness (QED) is 0.701. The zero-order chi connectivity index (χ0) is 19.9. The van der Waals surface area contributed by atoms with Crippen LogP contribution in [0.25, 0.3) is 6.08 Å². The Morgan fingerprint density at radius 2 is 1.93 bits per heavy atom. The Morgan fingerprint density at radius 1 is 1.22 bits per heavy atom. The van der Waals surface area contributed by atoms with Crippen LogP contribution in [-0.2, 0) is 4.79 Å². The van der Waals surface area contributed by atoms with Gasteiger partial charge in [0.1, 0.15) is 11.5 Å². The fourth-order valence-corrected chi connectivity index (χ4v) is 2.71. The molecule has 4 nitrogen and oxygen atoms in total. The first-order valence-corrected chi connectivity index (χ1v) is 7.90. The van der Waals surface area contributed by atoms with E-state index in [0.717, 1.165) is 12.1 Å². The molecule has 1 N–H and O–H groups in total. The highest BCUT2D eigenvalue weighted by Crippen LogP contribution is 2.42. The lowest BCUT2D eigenvalue weighted by atomic mass is 10.0. The Kier molecular flexibility index (Phi) is 4.77. The van der Waals surface area contributed by atoms with Gasteiger partial charge < -0.3 is 14.6 Å². The van der Waals surface area contributed by atoms with E-state index in [-0.39, 0.29) is 27.8 Å². The van der Waals surface area contributed by atoms with Crippen molar-refractivity contribution in [1.82, 2.24) is 0 Å². The second-order valence-corrected chi connectivity index (χ2v) is 6.21. The number of fused-ring (bicyclic) bond motifs is 1. The van der Waals surface area contributed by atoms with Gasteiger partial charge in [-0.15, -0.1) is 0 Å². The first-order valence-electron chi connectivity index (χ1n) is 7.52. The van der Waals surface area contributed by atoms with Crippen molar-refractivity contribution < 1.29 is 36.9 Å². The number of aryl methyl sites for hydroxylation is 1. The van der Waals surface area contributed by atoms with E-state index in [1.54, 1.807) is 6.92 Å². The van der Waals surface area contributed by atoms with E-state index in [1.165, 1.54) is 24.3 Å². The third-order valence-corrected chi connectivity index (χ3v) is 4.05. The molecule has 0 amide bonds. The summed E-state index contributed by atoms with van der Waals surface area (Å²) >= 11 is 6.05. The number of benzene rings is 2. The monoisotopic (exact) mass is 402 g/mol. The minimum atomic E-state index is -4.94. The average Bonchev–Trinajstić information content (AvgIpc) is 2.56. The summed E-state index contributed by atoms with van der Waals surface area (Å²) in [6, 6.07) is 6.34. The van der Waals surface area contributed by atoms with Crippen LogP contribution >= 0.6 is 11.6 Å². The van der Waals surface area contributed by atoms with Crippen molar-refractivity contribution >= 4 is 23.6 Å². The van der Waals surface area contributed by atoms with Crippen LogP contribution in [0.4, 0.5) is 17.6 Å². The number of rotatable bonds is 3. The van der Waals surface area contributed by atoms with Gasteiger partial charge in [0, 0.05) is 11.6 Å². The van der Waals surface area contributed by atoms with Crippen molar-refractivity contribution in [3.8, 4) is 17.2 Å².